The molecule has 2 aromatic rings. The predicted octanol–water partition coefficient (Wildman–Crippen LogP) is 3.97. The van der Waals surface area contributed by atoms with E-state index < -0.39 is 28.3 Å². The molecule has 110 valence electrons. The summed E-state index contributed by atoms with van der Waals surface area (Å²) in [6.45, 7) is 1.78. The van der Waals surface area contributed by atoms with E-state index in [0.717, 1.165) is 12.1 Å². The summed E-state index contributed by atoms with van der Waals surface area (Å²) in [4.78, 5) is 10.2. The number of halogens is 1. The van der Waals surface area contributed by atoms with Crippen LogP contribution >= 0.6 is 0 Å². The largest absolute Gasteiger partial charge is 0.447 e. The Morgan fingerprint density at radius 3 is 2.67 bits per heavy atom. The molecule has 2 aromatic carbocycles. The van der Waals surface area contributed by atoms with Crippen LogP contribution in [0.25, 0.3) is 0 Å². The number of aliphatic hydroxyl groups excluding tert-OH is 1. The minimum absolute atomic E-state index is 0.194. The highest BCUT2D eigenvalue weighted by molar-refractivity contribution is 5.50. The molecule has 0 heterocycles. The van der Waals surface area contributed by atoms with Crippen molar-refractivity contribution >= 4 is 5.69 Å². The number of nitro benzene ring substituents is 1. The van der Waals surface area contributed by atoms with Gasteiger partial charge in [-0.1, -0.05) is 31.2 Å². The average molecular weight is 291 g/mol. The Morgan fingerprint density at radius 2 is 2.00 bits per heavy atom. The van der Waals surface area contributed by atoms with Gasteiger partial charge >= 0.3 is 5.69 Å². The summed E-state index contributed by atoms with van der Waals surface area (Å²) in [5.41, 5.74) is -0.00616. The van der Waals surface area contributed by atoms with Crippen molar-refractivity contribution in [2.45, 2.75) is 19.4 Å². The molecule has 0 fully saturated rings. The highest BCUT2D eigenvalue weighted by atomic mass is 19.1. The van der Waals surface area contributed by atoms with E-state index in [1.54, 1.807) is 25.1 Å². The molecule has 0 spiro atoms. The van der Waals surface area contributed by atoms with E-state index in [1.165, 1.54) is 12.1 Å². The number of nitro groups is 1. The summed E-state index contributed by atoms with van der Waals surface area (Å²) in [5, 5.41) is 20.9. The molecule has 0 aromatic heterocycles. The highest BCUT2D eigenvalue weighted by Gasteiger charge is 2.22. The first-order valence-electron chi connectivity index (χ1n) is 6.42. The lowest BCUT2D eigenvalue weighted by Crippen LogP contribution is -2.01. The van der Waals surface area contributed by atoms with Crippen molar-refractivity contribution in [1.29, 1.82) is 0 Å². The Hall–Kier alpha value is -2.47. The van der Waals surface area contributed by atoms with Gasteiger partial charge in [-0.2, -0.15) is 0 Å². The van der Waals surface area contributed by atoms with Crippen molar-refractivity contribution in [3.05, 3.63) is 64.0 Å². The van der Waals surface area contributed by atoms with Gasteiger partial charge in [-0.05, 0) is 18.6 Å². The van der Waals surface area contributed by atoms with E-state index in [9.17, 15) is 19.6 Å². The molecule has 21 heavy (non-hydrogen) atoms. The molecule has 0 aliphatic heterocycles. The van der Waals surface area contributed by atoms with Gasteiger partial charge in [0.05, 0.1) is 11.0 Å². The monoisotopic (exact) mass is 291 g/mol. The first kappa shape index (κ1) is 14.9. The van der Waals surface area contributed by atoms with E-state index in [2.05, 4.69) is 0 Å². The Morgan fingerprint density at radius 1 is 1.29 bits per heavy atom. The van der Waals surface area contributed by atoms with Crippen molar-refractivity contribution < 1.29 is 19.2 Å². The fourth-order valence-corrected chi connectivity index (χ4v) is 1.92. The second kappa shape index (κ2) is 6.32. The van der Waals surface area contributed by atoms with Crippen LogP contribution in [-0.4, -0.2) is 10.0 Å². The molecule has 5 nitrogen and oxygen atoms in total. The third-order valence-corrected chi connectivity index (χ3v) is 3.02. The minimum atomic E-state index is -0.829. The lowest BCUT2D eigenvalue weighted by molar-refractivity contribution is -0.385. The number of aliphatic hydroxyl groups is 1. The summed E-state index contributed by atoms with van der Waals surface area (Å²) in [5.74, 6) is -1.09. The zero-order chi connectivity index (χ0) is 15.4. The molecule has 0 aliphatic carbocycles. The van der Waals surface area contributed by atoms with Crippen LogP contribution in [0, 0.1) is 15.9 Å². The molecule has 0 unspecified atom stereocenters. The Balaban J connectivity index is 2.46. The van der Waals surface area contributed by atoms with E-state index in [0.29, 0.717) is 12.0 Å². The predicted molar refractivity (Wildman–Crippen MR) is 74.8 cm³/mol. The zero-order valence-electron chi connectivity index (χ0n) is 11.3. The van der Waals surface area contributed by atoms with Crippen molar-refractivity contribution in [3.8, 4) is 11.5 Å². The molecule has 1 atom stereocenters. The molecule has 2 rings (SSSR count). The van der Waals surface area contributed by atoms with Gasteiger partial charge in [0.25, 0.3) is 0 Å². The van der Waals surface area contributed by atoms with Crippen molar-refractivity contribution in [2.75, 3.05) is 0 Å². The second-order valence-corrected chi connectivity index (χ2v) is 4.41. The highest BCUT2D eigenvalue weighted by Crippen LogP contribution is 2.37. The molecule has 0 bridgehead atoms. The van der Waals surface area contributed by atoms with Crippen molar-refractivity contribution in [2.24, 2.45) is 0 Å². The smallest absolute Gasteiger partial charge is 0.314 e. The quantitative estimate of drug-likeness (QED) is 0.668. The third-order valence-electron chi connectivity index (χ3n) is 3.02. The van der Waals surface area contributed by atoms with Gasteiger partial charge in [0.15, 0.2) is 5.82 Å². The molecular weight excluding hydrogens is 277 g/mol. The van der Waals surface area contributed by atoms with Crippen LogP contribution in [0.3, 0.4) is 0 Å². The SMILES string of the molecule is CC[C@@H](O)c1ccccc1Oc1c(F)cccc1[N+](=O)[O-]. The number of rotatable bonds is 5. The van der Waals surface area contributed by atoms with E-state index >= 15 is 0 Å². The Bertz CT molecular complexity index is 660. The van der Waals surface area contributed by atoms with Crippen LogP contribution in [-0.2, 0) is 0 Å². The molecular formula is C15H14FNO4. The molecule has 1 N–H and O–H groups in total. The number of nitrogens with zero attached hydrogens (tertiary/aromatic N) is 1. The van der Waals surface area contributed by atoms with Crippen LogP contribution in [0.2, 0.25) is 0 Å². The van der Waals surface area contributed by atoms with E-state index in [-0.39, 0.29) is 5.75 Å². The molecule has 0 saturated heterocycles. The maximum Gasteiger partial charge on any atom is 0.314 e. The maximum absolute atomic E-state index is 13.8. The third kappa shape index (κ3) is 3.17. The first-order valence-corrected chi connectivity index (χ1v) is 6.42. The molecule has 0 saturated carbocycles. The maximum atomic E-state index is 13.8. The van der Waals surface area contributed by atoms with E-state index in [4.69, 9.17) is 4.74 Å². The van der Waals surface area contributed by atoms with E-state index in [1.807, 2.05) is 0 Å². The number of ether oxygens (including phenoxy) is 1. The van der Waals surface area contributed by atoms with Crippen molar-refractivity contribution in [3.63, 3.8) is 0 Å². The van der Waals surface area contributed by atoms with Gasteiger partial charge in [0.1, 0.15) is 5.75 Å². The second-order valence-electron chi connectivity index (χ2n) is 4.41. The molecule has 0 radical (unpaired) electrons. The summed E-state index contributed by atoms with van der Waals surface area (Å²) >= 11 is 0. The number of hydrogen-bond acceptors (Lipinski definition) is 4. The van der Waals surface area contributed by atoms with Gasteiger partial charge in [0.2, 0.25) is 5.75 Å². The van der Waals surface area contributed by atoms with Gasteiger partial charge in [-0.25, -0.2) is 4.39 Å². The average Bonchev–Trinajstić information content (AvgIpc) is 2.48. The summed E-state index contributed by atoms with van der Waals surface area (Å²) in [6, 6.07) is 10.0. The van der Waals surface area contributed by atoms with Crippen molar-refractivity contribution in [1.82, 2.24) is 0 Å². The van der Waals surface area contributed by atoms with Crippen LogP contribution in [0.5, 0.6) is 11.5 Å². The minimum Gasteiger partial charge on any atom is -0.447 e. The lowest BCUT2D eigenvalue weighted by Gasteiger charge is -2.14. The number of benzene rings is 2. The van der Waals surface area contributed by atoms with Crippen LogP contribution in [0.15, 0.2) is 42.5 Å². The topological polar surface area (TPSA) is 72.6 Å². The van der Waals surface area contributed by atoms with Gasteiger partial charge < -0.3 is 9.84 Å². The normalized spacial score (nSPS) is 12.0. The van der Waals surface area contributed by atoms with Gasteiger partial charge in [-0.15, -0.1) is 0 Å². The lowest BCUT2D eigenvalue weighted by atomic mass is 10.1. The standard InChI is InChI=1S/C15H14FNO4/c1-2-13(18)10-6-3-4-9-14(10)21-15-11(16)7-5-8-12(15)17(19)20/h3-9,13,18H,2H2,1H3/t13-/m1/s1. The Kier molecular flexibility index (Phi) is 4.49. The zero-order valence-corrected chi connectivity index (χ0v) is 11.3. The number of para-hydroxylation sites is 2. The summed E-state index contributed by atoms with van der Waals surface area (Å²) in [7, 11) is 0. The van der Waals surface area contributed by atoms with Crippen LogP contribution < -0.4 is 4.74 Å². The molecule has 6 heteroatoms. The Labute approximate surface area is 120 Å². The fourth-order valence-electron chi connectivity index (χ4n) is 1.92. The molecule has 0 aliphatic rings. The van der Waals surface area contributed by atoms with Crippen LogP contribution in [0.1, 0.15) is 25.0 Å². The van der Waals surface area contributed by atoms with Gasteiger partial charge in [0, 0.05) is 11.6 Å². The summed E-state index contributed by atoms with van der Waals surface area (Å²) in [6.07, 6.45) is -0.341. The molecule has 0 amide bonds. The van der Waals surface area contributed by atoms with Gasteiger partial charge in [-0.3, -0.25) is 10.1 Å². The summed E-state index contributed by atoms with van der Waals surface area (Å²) < 4.78 is 19.2. The van der Waals surface area contributed by atoms with Crippen LogP contribution in [0.4, 0.5) is 10.1 Å². The fraction of sp³-hybridized carbons (Fsp3) is 0.200. The number of hydrogen-bond donors (Lipinski definition) is 1. The first-order chi connectivity index (χ1) is 10.0.